The van der Waals surface area contributed by atoms with Crippen LogP contribution in [0.15, 0.2) is 66.7 Å². The van der Waals surface area contributed by atoms with E-state index in [1.807, 2.05) is 24.3 Å². The summed E-state index contributed by atoms with van der Waals surface area (Å²) in [7, 11) is 0. The molecule has 0 heterocycles. The van der Waals surface area contributed by atoms with Crippen LogP contribution >= 0.6 is 23.2 Å². The highest BCUT2D eigenvalue weighted by molar-refractivity contribution is 6.42. The summed E-state index contributed by atoms with van der Waals surface area (Å²) in [6, 6.07) is 20.8. The molecule has 3 rings (SSSR count). The number of ether oxygens (including phenoxy) is 1. The van der Waals surface area contributed by atoms with Gasteiger partial charge in [-0.1, -0.05) is 65.7 Å². The summed E-state index contributed by atoms with van der Waals surface area (Å²) in [5, 5.41) is 10.4. The molecule has 0 saturated heterocycles. The number of nitrogens with zero attached hydrogens (tertiary/aromatic N) is 1. The Morgan fingerprint density at radius 2 is 1.74 bits per heavy atom. The standard InChI is InChI=1S/C22H14Cl2FNO/c23-19-10-9-15(11-20(19)24)14-27-22-8-4-1-5-16(22)12-17(13-26)18-6-2-3-7-21(18)25/h1-12H,14H2. The lowest BCUT2D eigenvalue weighted by atomic mass is 10.0. The maximum Gasteiger partial charge on any atom is 0.131 e. The van der Waals surface area contributed by atoms with Gasteiger partial charge in [-0.05, 0) is 35.9 Å². The predicted octanol–water partition coefficient (Wildman–Crippen LogP) is 6.78. The van der Waals surface area contributed by atoms with Crippen molar-refractivity contribution in [3.8, 4) is 11.8 Å². The normalized spacial score (nSPS) is 11.1. The summed E-state index contributed by atoms with van der Waals surface area (Å²) in [6.07, 6.45) is 1.61. The van der Waals surface area contributed by atoms with Crippen LogP contribution in [-0.4, -0.2) is 0 Å². The van der Waals surface area contributed by atoms with Gasteiger partial charge in [0.15, 0.2) is 0 Å². The highest BCUT2D eigenvalue weighted by Crippen LogP contribution is 2.27. The number of hydrogen-bond donors (Lipinski definition) is 0. The Morgan fingerprint density at radius 1 is 1.00 bits per heavy atom. The van der Waals surface area contributed by atoms with Crippen molar-refractivity contribution in [3.05, 3.63) is 99.3 Å². The summed E-state index contributed by atoms with van der Waals surface area (Å²) in [5.74, 6) is 0.132. The molecule has 0 amide bonds. The van der Waals surface area contributed by atoms with Crippen LogP contribution in [0.4, 0.5) is 4.39 Å². The molecule has 134 valence electrons. The first kappa shape index (κ1) is 19.0. The third kappa shape index (κ3) is 4.68. The zero-order chi connectivity index (χ0) is 19.2. The molecular weight excluding hydrogens is 384 g/mol. The van der Waals surface area contributed by atoms with Crippen molar-refractivity contribution in [1.82, 2.24) is 0 Å². The van der Waals surface area contributed by atoms with E-state index in [1.165, 1.54) is 6.07 Å². The van der Waals surface area contributed by atoms with Gasteiger partial charge in [0.2, 0.25) is 0 Å². The molecule has 0 N–H and O–H groups in total. The minimum absolute atomic E-state index is 0.221. The van der Waals surface area contributed by atoms with Crippen LogP contribution < -0.4 is 4.74 Å². The second-order valence-electron chi connectivity index (χ2n) is 5.72. The predicted molar refractivity (Wildman–Crippen MR) is 107 cm³/mol. The summed E-state index contributed by atoms with van der Waals surface area (Å²) in [4.78, 5) is 0. The van der Waals surface area contributed by atoms with Crippen molar-refractivity contribution in [2.24, 2.45) is 0 Å². The molecule has 0 aliphatic heterocycles. The third-order valence-corrected chi connectivity index (χ3v) is 4.62. The second kappa shape index (κ2) is 8.73. The average molecular weight is 398 g/mol. The van der Waals surface area contributed by atoms with E-state index in [-0.39, 0.29) is 17.7 Å². The van der Waals surface area contributed by atoms with Crippen molar-refractivity contribution in [2.45, 2.75) is 6.61 Å². The number of halogens is 3. The van der Waals surface area contributed by atoms with Crippen molar-refractivity contribution in [1.29, 1.82) is 5.26 Å². The quantitative estimate of drug-likeness (QED) is 0.351. The molecule has 0 aromatic heterocycles. The fraction of sp³-hybridized carbons (Fsp3) is 0.0455. The number of rotatable bonds is 5. The highest BCUT2D eigenvalue weighted by Gasteiger charge is 2.09. The van der Waals surface area contributed by atoms with Gasteiger partial charge >= 0.3 is 0 Å². The lowest BCUT2D eigenvalue weighted by Gasteiger charge is -2.10. The van der Waals surface area contributed by atoms with E-state index in [1.54, 1.807) is 42.5 Å². The smallest absolute Gasteiger partial charge is 0.131 e. The van der Waals surface area contributed by atoms with E-state index in [0.717, 1.165) is 5.56 Å². The van der Waals surface area contributed by atoms with Gasteiger partial charge in [0, 0.05) is 11.1 Å². The zero-order valence-electron chi connectivity index (χ0n) is 14.1. The molecule has 0 fully saturated rings. The Balaban J connectivity index is 1.88. The van der Waals surface area contributed by atoms with Gasteiger partial charge in [0.05, 0.1) is 21.7 Å². The fourth-order valence-electron chi connectivity index (χ4n) is 2.53. The van der Waals surface area contributed by atoms with Gasteiger partial charge in [-0.15, -0.1) is 0 Å². The summed E-state index contributed by atoms with van der Waals surface area (Å²) in [5.41, 5.74) is 2.01. The monoisotopic (exact) mass is 397 g/mol. The Hall–Kier alpha value is -2.80. The first-order chi connectivity index (χ1) is 13.1. The fourth-order valence-corrected chi connectivity index (χ4v) is 2.85. The highest BCUT2D eigenvalue weighted by atomic mass is 35.5. The minimum atomic E-state index is -0.445. The first-order valence-corrected chi connectivity index (χ1v) is 8.86. The molecule has 0 saturated carbocycles. The Kier molecular flexibility index (Phi) is 6.13. The maximum absolute atomic E-state index is 14.0. The molecule has 27 heavy (non-hydrogen) atoms. The SMILES string of the molecule is N#CC(=Cc1ccccc1OCc1ccc(Cl)c(Cl)c1)c1ccccc1F. The van der Waals surface area contributed by atoms with Gasteiger partial charge in [-0.3, -0.25) is 0 Å². The first-order valence-electron chi connectivity index (χ1n) is 8.11. The molecule has 2 nitrogen and oxygen atoms in total. The van der Waals surface area contributed by atoms with Crippen LogP contribution in [0.2, 0.25) is 10.0 Å². The third-order valence-electron chi connectivity index (χ3n) is 3.88. The van der Waals surface area contributed by atoms with Gasteiger partial charge in [0.25, 0.3) is 0 Å². The summed E-state index contributed by atoms with van der Waals surface area (Å²) < 4.78 is 19.9. The molecule has 0 spiro atoms. The molecule has 0 unspecified atom stereocenters. The number of nitriles is 1. The lowest BCUT2D eigenvalue weighted by molar-refractivity contribution is 0.305. The van der Waals surface area contributed by atoms with E-state index in [9.17, 15) is 9.65 Å². The second-order valence-corrected chi connectivity index (χ2v) is 6.54. The largest absolute Gasteiger partial charge is 0.488 e. The molecule has 0 aliphatic carbocycles. The molecular formula is C22H14Cl2FNO. The number of para-hydroxylation sites is 1. The molecule has 3 aromatic carbocycles. The Bertz CT molecular complexity index is 1040. The molecule has 0 aliphatic rings. The Morgan fingerprint density at radius 3 is 2.48 bits per heavy atom. The number of allylic oxidation sites excluding steroid dienone is 1. The lowest BCUT2D eigenvalue weighted by Crippen LogP contribution is -1.97. The molecule has 0 radical (unpaired) electrons. The van der Waals surface area contributed by atoms with Crippen molar-refractivity contribution in [3.63, 3.8) is 0 Å². The summed E-state index contributed by atoms with van der Waals surface area (Å²) >= 11 is 12.0. The molecule has 0 atom stereocenters. The van der Waals surface area contributed by atoms with Crippen LogP contribution in [0.25, 0.3) is 11.6 Å². The topological polar surface area (TPSA) is 33.0 Å². The van der Waals surface area contributed by atoms with Crippen molar-refractivity contribution in [2.75, 3.05) is 0 Å². The van der Waals surface area contributed by atoms with Crippen LogP contribution in [-0.2, 0) is 6.61 Å². The zero-order valence-corrected chi connectivity index (χ0v) is 15.6. The van der Waals surface area contributed by atoms with Gasteiger partial charge < -0.3 is 4.74 Å². The molecule has 3 aromatic rings. The number of hydrogen-bond acceptors (Lipinski definition) is 2. The van der Waals surface area contributed by atoms with Crippen LogP contribution in [0, 0.1) is 17.1 Å². The Labute approximate surface area is 167 Å². The van der Waals surface area contributed by atoms with Crippen molar-refractivity contribution < 1.29 is 9.13 Å². The van der Waals surface area contributed by atoms with Crippen molar-refractivity contribution >= 4 is 34.9 Å². The van der Waals surface area contributed by atoms with E-state index < -0.39 is 5.82 Å². The minimum Gasteiger partial charge on any atom is -0.488 e. The molecule has 0 bridgehead atoms. The van der Waals surface area contributed by atoms with E-state index >= 15 is 0 Å². The van der Waals surface area contributed by atoms with Crippen LogP contribution in [0.3, 0.4) is 0 Å². The van der Waals surface area contributed by atoms with Gasteiger partial charge in [-0.25, -0.2) is 4.39 Å². The molecule has 5 heteroatoms. The van der Waals surface area contributed by atoms with E-state index in [4.69, 9.17) is 27.9 Å². The van der Waals surface area contributed by atoms with Gasteiger partial charge in [-0.2, -0.15) is 5.26 Å². The van der Waals surface area contributed by atoms with Crippen LogP contribution in [0.1, 0.15) is 16.7 Å². The summed E-state index contributed by atoms with van der Waals surface area (Å²) in [6.45, 7) is 0.281. The number of benzene rings is 3. The van der Waals surface area contributed by atoms with E-state index in [2.05, 4.69) is 6.07 Å². The average Bonchev–Trinajstić information content (AvgIpc) is 2.68. The maximum atomic E-state index is 14.0. The van der Waals surface area contributed by atoms with E-state index in [0.29, 0.717) is 21.4 Å². The van der Waals surface area contributed by atoms with Gasteiger partial charge in [0.1, 0.15) is 18.2 Å². The van der Waals surface area contributed by atoms with Crippen LogP contribution in [0.5, 0.6) is 5.75 Å².